The van der Waals surface area contributed by atoms with Crippen LogP contribution in [0.1, 0.15) is 33.8 Å². The number of halogens is 1. The molecule has 0 aliphatic heterocycles. The molecule has 0 spiro atoms. The number of aryl methyl sites for hydroxylation is 1. The van der Waals surface area contributed by atoms with Crippen molar-refractivity contribution in [2.75, 3.05) is 12.4 Å². The molecule has 4 nitrogen and oxygen atoms in total. The molecule has 2 aromatic carbocycles. The molecule has 5 heteroatoms. The van der Waals surface area contributed by atoms with Gasteiger partial charge in [-0.1, -0.05) is 29.8 Å². The Hall–Kier alpha value is -2.33. The van der Waals surface area contributed by atoms with Gasteiger partial charge in [0.05, 0.1) is 18.7 Å². The Morgan fingerprint density at radius 2 is 2.09 bits per heavy atom. The number of fused-ring (bicyclic) bond motifs is 1. The summed E-state index contributed by atoms with van der Waals surface area (Å²) in [6.07, 6.45) is 0.189. The molecule has 3 rings (SSSR count). The second-order valence-corrected chi connectivity index (χ2v) is 5.99. The molecule has 23 heavy (non-hydrogen) atoms. The lowest BCUT2D eigenvalue weighted by atomic mass is 9.96. The molecule has 0 saturated heterocycles. The van der Waals surface area contributed by atoms with Gasteiger partial charge in [-0.05, 0) is 36.2 Å². The molecule has 2 aromatic rings. The van der Waals surface area contributed by atoms with E-state index in [2.05, 4.69) is 5.32 Å². The molecule has 1 N–H and O–H groups in total. The molecule has 0 heterocycles. The minimum atomic E-state index is -0.484. The van der Waals surface area contributed by atoms with Gasteiger partial charge in [-0.15, -0.1) is 0 Å². The highest BCUT2D eigenvalue weighted by atomic mass is 35.5. The number of anilines is 1. The molecule has 0 fully saturated rings. The summed E-state index contributed by atoms with van der Waals surface area (Å²) >= 11 is 5.99. The molecule has 1 aliphatic rings. The Morgan fingerprint density at radius 3 is 2.83 bits per heavy atom. The van der Waals surface area contributed by atoms with Crippen molar-refractivity contribution in [3.8, 4) is 5.75 Å². The maximum atomic E-state index is 12.7. The number of rotatable bonds is 3. The van der Waals surface area contributed by atoms with Gasteiger partial charge in [0.1, 0.15) is 5.75 Å². The van der Waals surface area contributed by atoms with Crippen LogP contribution < -0.4 is 10.1 Å². The molecule has 1 atom stereocenters. The van der Waals surface area contributed by atoms with E-state index in [1.807, 2.05) is 19.1 Å². The smallest absolute Gasteiger partial charge is 0.232 e. The highest BCUT2D eigenvalue weighted by Crippen LogP contribution is 2.37. The fourth-order valence-corrected chi connectivity index (χ4v) is 3.18. The van der Waals surface area contributed by atoms with Gasteiger partial charge in [-0.2, -0.15) is 0 Å². The highest BCUT2D eigenvalue weighted by molar-refractivity contribution is 6.31. The van der Waals surface area contributed by atoms with Gasteiger partial charge in [0.15, 0.2) is 5.78 Å². The number of carbonyl (C=O) groups excluding carboxylic acids is 2. The van der Waals surface area contributed by atoms with Gasteiger partial charge < -0.3 is 10.1 Å². The van der Waals surface area contributed by atoms with E-state index in [0.717, 1.165) is 11.1 Å². The topological polar surface area (TPSA) is 55.4 Å². The standard InChI is InChI=1S/C18H16ClNO3/c1-10-4-3-5-12-15(21)9-13(17(10)12)18(22)20-14-8-11(19)6-7-16(14)23-2/h3-8,13H,9H2,1-2H3,(H,20,22). The average molecular weight is 330 g/mol. The number of ether oxygens (including phenoxy) is 1. The zero-order chi connectivity index (χ0) is 16.6. The van der Waals surface area contributed by atoms with Gasteiger partial charge >= 0.3 is 0 Å². The van der Waals surface area contributed by atoms with Gasteiger partial charge in [-0.25, -0.2) is 0 Å². The third-order valence-electron chi connectivity index (χ3n) is 4.10. The number of carbonyl (C=O) groups is 2. The highest BCUT2D eigenvalue weighted by Gasteiger charge is 2.35. The van der Waals surface area contributed by atoms with Crippen molar-refractivity contribution < 1.29 is 14.3 Å². The Morgan fingerprint density at radius 1 is 1.30 bits per heavy atom. The van der Waals surface area contributed by atoms with Crippen LogP contribution in [0.2, 0.25) is 5.02 Å². The number of ketones is 1. The molecular weight excluding hydrogens is 314 g/mol. The van der Waals surface area contributed by atoms with E-state index in [1.165, 1.54) is 7.11 Å². The summed E-state index contributed by atoms with van der Waals surface area (Å²) in [6.45, 7) is 1.91. The van der Waals surface area contributed by atoms with Crippen molar-refractivity contribution in [2.45, 2.75) is 19.3 Å². The molecule has 1 unspecified atom stereocenters. The maximum Gasteiger partial charge on any atom is 0.232 e. The van der Waals surface area contributed by atoms with Crippen LogP contribution in [0.4, 0.5) is 5.69 Å². The molecule has 0 radical (unpaired) electrons. The second kappa shape index (κ2) is 6.05. The molecule has 0 aromatic heterocycles. The van der Waals surface area contributed by atoms with Crippen LogP contribution in [-0.2, 0) is 4.79 Å². The predicted octanol–water partition coefficient (Wildman–Crippen LogP) is 3.97. The third kappa shape index (κ3) is 2.82. The summed E-state index contributed by atoms with van der Waals surface area (Å²) in [7, 11) is 1.53. The number of hydrogen-bond acceptors (Lipinski definition) is 3. The van der Waals surface area contributed by atoms with Crippen molar-refractivity contribution >= 4 is 29.0 Å². The SMILES string of the molecule is COc1ccc(Cl)cc1NC(=O)C1CC(=O)c2cccc(C)c21. The lowest BCUT2D eigenvalue weighted by Gasteiger charge is -2.15. The normalized spacial score (nSPS) is 16.1. The van der Waals surface area contributed by atoms with E-state index in [-0.39, 0.29) is 18.1 Å². The zero-order valence-corrected chi connectivity index (χ0v) is 13.6. The average Bonchev–Trinajstić information content (AvgIpc) is 2.86. The van der Waals surface area contributed by atoms with Crippen LogP contribution in [-0.4, -0.2) is 18.8 Å². The van der Waals surface area contributed by atoms with E-state index in [1.54, 1.807) is 24.3 Å². The van der Waals surface area contributed by atoms with Crippen LogP contribution in [0.3, 0.4) is 0 Å². The Labute approximate surface area is 139 Å². The lowest BCUT2D eigenvalue weighted by Crippen LogP contribution is -2.20. The summed E-state index contributed by atoms with van der Waals surface area (Å²) in [5.74, 6) is -0.187. The minimum Gasteiger partial charge on any atom is -0.495 e. The molecule has 1 aliphatic carbocycles. The van der Waals surface area contributed by atoms with E-state index in [9.17, 15) is 9.59 Å². The number of benzene rings is 2. The fraction of sp³-hybridized carbons (Fsp3) is 0.222. The Kier molecular flexibility index (Phi) is 4.09. The van der Waals surface area contributed by atoms with E-state index in [0.29, 0.717) is 22.0 Å². The van der Waals surface area contributed by atoms with Crippen LogP contribution in [0.15, 0.2) is 36.4 Å². The van der Waals surface area contributed by atoms with Crippen LogP contribution in [0.5, 0.6) is 5.75 Å². The number of Topliss-reactive ketones (excluding diaryl/α,β-unsaturated/α-hetero) is 1. The van der Waals surface area contributed by atoms with Gasteiger partial charge in [-0.3, -0.25) is 9.59 Å². The summed E-state index contributed by atoms with van der Waals surface area (Å²) in [4.78, 5) is 24.8. The van der Waals surface area contributed by atoms with Gasteiger partial charge in [0.2, 0.25) is 5.91 Å². The van der Waals surface area contributed by atoms with E-state index < -0.39 is 5.92 Å². The summed E-state index contributed by atoms with van der Waals surface area (Å²) in [5.41, 5.74) is 2.91. The Bertz CT molecular complexity index is 801. The van der Waals surface area contributed by atoms with E-state index in [4.69, 9.17) is 16.3 Å². The number of methoxy groups -OCH3 is 1. The number of amides is 1. The van der Waals surface area contributed by atoms with Crippen molar-refractivity contribution in [1.29, 1.82) is 0 Å². The quantitative estimate of drug-likeness (QED) is 0.927. The van der Waals surface area contributed by atoms with Crippen molar-refractivity contribution in [3.63, 3.8) is 0 Å². The van der Waals surface area contributed by atoms with Crippen molar-refractivity contribution in [2.24, 2.45) is 0 Å². The fourth-order valence-electron chi connectivity index (χ4n) is 3.01. The van der Waals surface area contributed by atoms with Gasteiger partial charge in [0.25, 0.3) is 0 Å². The second-order valence-electron chi connectivity index (χ2n) is 5.55. The number of hydrogen-bond donors (Lipinski definition) is 1. The number of nitrogens with one attached hydrogen (secondary N) is 1. The molecular formula is C18H16ClNO3. The van der Waals surface area contributed by atoms with Crippen LogP contribution >= 0.6 is 11.6 Å². The zero-order valence-electron chi connectivity index (χ0n) is 12.9. The summed E-state index contributed by atoms with van der Waals surface area (Å²) in [5, 5.41) is 3.33. The third-order valence-corrected chi connectivity index (χ3v) is 4.33. The first-order valence-corrected chi connectivity index (χ1v) is 7.66. The first-order valence-electron chi connectivity index (χ1n) is 7.28. The minimum absolute atomic E-state index is 0.00177. The van der Waals surface area contributed by atoms with Crippen molar-refractivity contribution in [1.82, 2.24) is 0 Å². The van der Waals surface area contributed by atoms with E-state index >= 15 is 0 Å². The summed E-state index contributed by atoms with van der Waals surface area (Å²) in [6, 6.07) is 10.5. The monoisotopic (exact) mass is 329 g/mol. The predicted molar refractivity (Wildman–Crippen MR) is 89.5 cm³/mol. The van der Waals surface area contributed by atoms with Crippen molar-refractivity contribution in [3.05, 3.63) is 58.1 Å². The van der Waals surface area contributed by atoms with Crippen LogP contribution in [0, 0.1) is 6.92 Å². The van der Waals surface area contributed by atoms with Gasteiger partial charge in [0, 0.05) is 17.0 Å². The first kappa shape index (κ1) is 15.6. The summed E-state index contributed by atoms with van der Waals surface area (Å²) < 4.78 is 5.24. The molecule has 118 valence electrons. The largest absolute Gasteiger partial charge is 0.495 e. The molecule has 0 bridgehead atoms. The Balaban J connectivity index is 1.92. The maximum absolute atomic E-state index is 12.7. The van der Waals surface area contributed by atoms with Crippen LogP contribution in [0.25, 0.3) is 0 Å². The lowest BCUT2D eigenvalue weighted by molar-refractivity contribution is -0.117. The molecule has 0 saturated carbocycles. The molecule has 1 amide bonds. The first-order chi connectivity index (χ1) is 11.0.